The average molecular weight is 286 g/mol. The van der Waals surface area contributed by atoms with E-state index in [0.29, 0.717) is 39.2 Å². The van der Waals surface area contributed by atoms with Crippen molar-refractivity contribution in [3.8, 4) is 0 Å². The topological polar surface area (TPSA) is 70.2 Å². The molecule has 0 unspecified atom stereocenters. The molecule has 0 amide bonds. The van der Waals surface area contributed by atoms with E-state index in [-0.39, 0.29) is 11.3 Å². The Hall–Kier alpha value is -1.52. The van der Waals surface area contributed by atoms with Gasteiger partial charge in [-0.3, -0.25) is 4.79 Å². The Morgan fingerprint density at radius 3 is 2.67 bits per heavy atom. The molecular weight excluding hydrogens is 277 g/mol. The Labute approximate surface area is 113 Å². The molecule has 94 valence electrons. The third kappa shape index (κ3) is 1.78. The van der Waals surface area contributed by atoms with E-state index in [0.717, 1.165) is 0 Å². The zero-order chi connectivity index (χ0) is 13.4. The lowest BCUT2D eigenvalue weighted by Crippen LogP contribution is -2.00. The second-order valence-electron chi connectivity index (χ2n) is 3.76. The van der Waals surface area contributed by atoms with Crippen molar-refractivity contribution in [2.75, 3.05) is 0 Å². The van der Waals surface area contributed by atoms with E-state index in [9.17, 15) is 9.59 Å². The summed E-state index contributed by atoms with van der Waals surface area (Å²) in [5.41, 5.74) is 1.02. The number of benzene rings is 1. The van der Waals surface area contributed by atoms with Crippen LogP contribution in [0.4, 0.5) is 0 Å². The van der Waals surface area contributed by atoms with Gasteiger partial charge in [-0.1, -0.05) is 30.1 Å². The average Bonchev–Trinajstić information content (AvgIpc) is 2.68. The quantitative estimate of drug-likeness (QED) is 0.848. The van der Waals surface area contributed by atoms with E-state index in [2.05, 4.69) is 4.98 Å². The number of carbonyl (C=O) groups excluding carboxylic acids is 1. The lowest BCUT2D eigenvalue weighted by atomic mass is 10.1. The van der Waals surface area contributed by atoms with Gasteiger partial charge in [-0.05, 0) is 18.1 Å². The predicted molar refractivity (Wildman–Crippen MR) is 70.0 cm³/mol. The van der Waals surface area contributed by atoms with Crippen LogP contribution in [0.3, 0.4) is 0 Å². The van der Waals surface area contributed by atoms with Crippen molar-refractivity contribution in [2.24, 2.45) is 0 Å². The van der Waals surface area contributed by atoms with Crippen molar-refractivity contribution < 1.29 is 14.7 Å². The summed E-state index contributed by atoms with van der Waals surface area (Å²) in [5.74, 6) is -1.21. The van der Waals surface area contributed by atoms with E-state index in [1.165, 1.54) is 0 Å². The highest BCUT2D eigenvalue weighted by Crippen LogP contribution is 2.36. The number of hydrogen-bond donors (Lipinski definition) is 2. The van der Waals surface area contributed by atoms with Gasteiger partial charge in [0.1, 0.15) is 5.69 Å². The van der Waals surface area contributed by atoms with Crippen LogP contribution in [-0.2, 0) is 6.42 Å². The molecule has 2 N–H and O–H groups in total. The Morgan fingerprint density at radius 2 is 2.17 bits per heavy atom. The first-order valence-electron chi connectivity index (χ1n) is 5.22. The number of nitrogens with one attached hydrogen (secondary N) is 1. The van der Waals surface area contributed by atoms with Crippen LogP contribution in [0.25, 0.3) is 10.9 Å². The Morgan fingerprint density at radius 1 is 1.50 bits per heavy atom. The van der Waals surface area contributed by atoms with Gasteiger partial charge in [-0.15, -0.1) is 0 Å². The maximum Gasteiger partial charge on any atom is 0.353 e. The molecule has 2 aromatic rings. The lowest BCUT2D eigenvalue weighted by Gasteiger charge is -2.05. The highest BCUT2D eigenvalue weighted by molar-refractivity contribution is 6.41. The number of carbonyl (C=O) groups is 2. The van der Waals surface area contributed by atoms with E-state index in [1.54, 1.807) is 6.07 Å². The SMILES string of the molecule is CCc1c(Cl)cc2[nH]c(C(=O)O)c(C=O)c2c1Cl. The third-order valence-corrected chi connectivity index (χ3v) is 3.55. The molecule has 0 aliphatic carbocycles. The van der Waals surface area contributed by atoms with E-state index < -0.39 is 5.97 Å². The molecule has 0 radical (unpaired) electrons. The minimum absolute atomic E-state index is 0.0499. The number of H-pyrrole nitrogens is 1. The fourth-order valence-corrected chi connectivity index (χ4v) is 2.78. The summed E-state index contributed by atoms with van der Waals surface area (Å²) in [6.07, 6.45) is 1.08. The first-order valence-corrected chi connectivity index (χ1v) is 5.97. The molecule has 0 aliphatic rings. The molecule has 1 aromatic heterocycles. The largest absolute Gasteiger partial charge is 0.477 e. The normalized spacial score (nSPS) is 10.8. The molecule has 0 bridgehead atoms. The number of halogens is 2. The monoisotopic (exact) mass is 285 g/mol. The van der Waals surface area contributed by atoms with Gasteiger partial charge in [0, 0.05) is 15.9 Å². The second-order valence-corrected chi connectivity index (χ2v) is 4.55. The first-order chi connectivity index (χ1) is 8.51. The molecule has 0 saturated carbocycles. The number of aromatic amines is 1. The fraction of sp³-hybridized carbons (Fsp3) is 0.167. The number of aromatic nitrogens is 1. The van der Waals surface area contributed by atoms with Crippen molar-refractivity contribution in [1.29, 1.82) is 0 Å². The van der Waals surface area contributed by atoms with Crippen LogP contribution < -0.4 is 0 Å². The van der Waals surface area contributed by atoms with Gasteiger partial charge in [0.25, 0.3) is 0 Å². The van der Waals surface area contributed by atoms with Gasteiger partial charge in [0.05, 0.1) is 10.6 Å². The lowest BCUT2D eigenvalue weighted by molar-refractivity contribution is 0.0688. The Bertz CT molecular complexity index is 661. The smallest absolute Gasteiger partial charge is 0.353 e. The van der Waals surface area contributed by atoms with Gasteiger partial charge in [-0.2, -0.15) is 0 Å². The number of aromatic carboxylic acids is 1. The molecule has 0 saturated heterocycles. The number of aldehydes is 1. The second kappa shape index (κ2) is 4.63. The molecule has 0 fully saturated rings. The summed E-state index contributed by atoms with van der Waals surface area (Å²) in [4.78, 5) is 24.8. The maximum atomic E-state index is 11.1. The van der Waals surface area contributed by atoms with E-state index in [4.69, 9.17) is 28.3 Å². The van der Waals surface area contributed by atoms with Crippen LogP contribution in [0.1, 0.15) is 33.3 Å². The Balaban J connectivity index is 2.95. The number of carboxylic acid groups (broad SMARTS) is 1. The summed E-state index contributed by atoms with van der Waals surface area (Å²) in [5, 5.41) is 10.2. The number of fused-ring (bicyclic) bond motifs is 1. The molecule has 6 heteroatoms. The molecule has 0 atom stereocenters. The minimum atomic E-state index is -1.21. The summed E-state index contributed by atoms with van der Waals surface area (Å²) >= 11 is 12.2. The van der Waals surface area contributed by atoms with Crippen LogP contribution in [0.15, 0.2) is 6.07 Å². The zero-order valence-corrected chi connectivity index (χ0v) is 10.9. The highest BCUT2D eigenvalue weighted by atomic mass is 35.5. The number of carboxylic acids is 1. The summed E-state index contributed by atoms with van der Waals surface area (Å²) in [7, 11) is 0. The van der Waals surface area contributed by atoms with Crippen molar-refractivity contribution in [3.05, 3.63) is 32.9 Å². The van der Waals surface area contributed by atoms with Gasteiger partial charge in [0.2, 0.25) is 0 Å². The van der Waals surface area contributed by atoms with Crippen molar-refractivity contribution in [3.63, 3.8) is 0 Å². The fourth-order valence-electron chi connectivity index (χ4n) is 1.96. The molecule has 18 heavy (non-hydrogen) atoms. The first kappa shape index (κ1) is 12.9. The molecule has 0 aliphatic heterocycles. The van der Waals surface area contributed by atoms with Crippen LogP contribution >= 0.6 is 23.2 Å². The van der Waals surface area contributed by atoms with Crippen molar-refractivity contribution in [2.45, 2.75) is 13.3 Å². The van der Waals surface area contributed by atoms with Crippen molar-refractivity contribution >= 4 is 46.4 Å². The maximum absolute atomic E-state index is 11.1. The van der Waals surface area contributed by atoms with Crippen LogP contribution in [0.5, 0.6) is 0 Å². The molecule has 4 nitrogen and oxygen atoms in total. The van der Waals surface area contributed by atoms with Gasteiger partial charge in [-0.25, -0.2) is 4.79 Å². The van der Waals surface area contributed by atoms with Crippen LogP contribution in [-0.4, -0.2) is 22.3 Å². The number of hydrogen-bond acceptors (Lipinski definition) is 2. The predicted octanol–water partition coefficient (Wildman–Crippen LogP) is 3.55. The van der Waals surface area contributed by atoms with E-state index in [1.807, 2.05) is 6.92 Å². The van der Waals surface area contributed by atoms with Gasteiger partial charge < -0.3 is 10.1 Å². The van der Waals surface area contributed by atoms with Crippen LogP contribution in [0.2, 0.25) is 10.0 Å². The van der Waals surface area contributed by atoms with Crippen molar-refractivity contribution in [1.82, 2.24) is 4.98 Å². The standard InChI is InChI=1S/C12H9Cl2NO3/c1-2-5-7(13)3-8-9(10(5)14)6(4-16)11(15-8)12(17)18/h3-4,15H,2H2,1H3,(H,17,18). The molecular formula is C12H9Cl2NO3. The minimum Gasteiger partial charge on any atom is -0.477 e. The van der Waals surface area contributed by atoms with Gasteiger partial charge in [0.15, 0.2) is 6.29 Å². The third-order valence-electron chi connectivity index (χ3n) is 2.80. The van der Waals surface area contributed by atoms with Gasteiger partial charge >= 0.3 is 5.97 Å². The summed E-state index contributed by atoms with van der Waals surface area (Å²) in [6.45, 7) is 1.88. The van der Waals surface area contributed by atoms with Crippen LogP contribution in [0, 0.1) is 0 Å². The summed E-state index contributed by atoms with van der Waals surface area (Å²) < 4.78 is 0. The Kier molecular flexibility index (Phi) is 3.32. The summed E-state index contributed by atoms with van der Waals surface area (Å²) in [6, 6.07) is 1.58. The van der Waals surface area contributed by atoms with E-state index >= 15 is 0 Å². The zero-order valence-electron chi connectivity index (χ0n) is 9.38. The molecule has 1 heterocycles. The molecule has 0 spiro atoms. The molecule has 1 aromatic carbocycles. The highest BCUT2D eigenvalue weighted by Gasteiger charge is 2.21. The number of rotatable bonds is 3. The molecule has 2 rings (SSSR count).